The Morgan fingerprint density at radius 3 is 2.72 bits per heavy atom. The molecule has 2 aliphatic rings. The van der Waals surface area contributed by atoms with Gasteiger partial charge < -0.3 is 4.90 Å². The van der Waals surface area contributed by atoms with Gasteiger partial charge in [0.2, 0.25) is 15.9 Å². The molecule has 0 aromatic heterocycles. The molecule has 1 aliphatic carbocycles. The lowest BCUT2D eigenvalue weighted by Crippen LogP contribution is -2.41. The zero-order chi connectivity index (χ0) is 18.2. The zero-order valence-electron chi connectivity index (χ0n) is 14.7. The molecule has 3 rings (SSSR count). The van der Waals surface area contributed by atoms with E-state index in [2.05, 4.69) is 27.6 Å². The number of anilines is 1. The summed E-state index contributed by atoms with van der Waals surface area (Å²) in [6.07, 6.45) is 5.17. The maximum absolute atomic E-state index is 13.1. The molecular formula is C18H25BrN2O3S. The second-order valence-corrected chi connectivity index (χ2v) is 9.65. The molecule has 25 heavy (non-hydrogen) atoms. The summed E-state index contributed by atoms with van der Waals surface area (Å²) >= 11 is 3.42. The summed E-state index contributed by atoms with van der Waals surface area (Å²) in [5.41, 5.74) is 1.47. The molecule has 1 aromatic rings. The summed E-state index contributed by atoms with van der Waals surface area (Å²) in [5.74, 6) is 0.292. The van der Waals surface area contributed by atoms with Crippen LogP contribution >= 0.6 is 15.9 Å². The highest BCUT2D eigenvalue weighted by Crippen LogP contribution is 2.38. The van der Waals surface area contributed by atoms with Crippen LogP contribution in [0.4, 0.5) is 5.69 Å². The minimum absolute atomic E-state index is 0.0369. The van der Waals surface area contributed by atoms with E-state index in [0.29, 0.717) is 31.0 Å². The van der Waals surface area contributed by atoms with Crippen molar-refractivity contribution in [3.63, 3.8) is 0 Å². The molecule has 1 amide bonds. The van der Waals surface area contributed by atoms with Crippen LogP contribution in [0.2, 0.25) is 0 Å². The van der Waals surface area contributed by atoms with Crippen LogP contribution in [0.25, 0.3) is 0 Å². The van der Waals surface area contributed by atoms with Gasteiger partial charge in [-0.05, 0) is 42.9 Å². The third-order valence-electron chi connectivity index (χ3n) is 5.30. The van der Waals surface area contributed by atoms with Gasteiger partial charge in [-0.25, -0.2) is 13.1 Å². The molecule has 2 unspecified atom stereocenters. The van der Waals surface area contributed by atoms with Gasteiger partial charge in [0, 0.05) is 23.5 Å². The molecule has 0 spiro atoms. The third-order valence-corrected chi connectivity index (χ3v) is 7.27. The molecule has 2 atom stereocenters. The Morgan fingerprint density at radius 1 is 1.32 bits per heavy atom. The highest BCUT2D eigenvalue weighted by Gasteiger charge is 2.34. The number of sulfonamides is 1. The number of carbonyl (C=O) groups is 1. The molecule has 1 fully saturated rings. The van der Waals surface area contributed by atoms with E-state index in [-0.39, 0.29) is 16.8 Å². The molecule has 5 nitrogen and oxygen atoms in total. The number of nitrogens with one attached hydrogen (secondary N) is 1. The van der Waals surface area contributed by atoms with E-state index in [4.69, 9.17) is 0 Å². The van der Waals surface area contributed by atoms with Crippen LogP contribution in [-0.2, 0) is 21.2 Å². The normalized spacial score (nSPS) is 23.6. The lowest BCUT2D eigenvalue weighted by Gasteiger charge is -2.30. The number of nitrogens with zero attached hydrogens (tertiary/aromatic N) is 1. The summed E-state index contributed by atoms with van der Waals surface area (Å²) < 4.78 is 29.9. The fourth-order valence-corrected chi connectivity index (χ4v) is 6.18. The van der Waals surface area contributed by atoms with Crippen molar-refractivity contribution in [2.45, 2.75) is 63.3 Å². The van der Waals surface area contributed by atoms with Gasteiger partial charge in [-0.3, -0.25) is 4.79 Å². The van der Waals surface area contributed by atoms with Crippen molar-refractivity contribution in [1.29, 1.82) is 0 Å². The summed E-state index contributed by atoms with van der Waals surface area (Å²) in [6.45, 7) is 4.45. The van der Waals surface area contributed by atoms with Crippen LogP contribution in [0.1, 0.15) is 51.5 Å². The van der Waals surface area contributed by atoms with Gasteiger partial charge in [-0.2, -0.15) is 0 Å². The lowest BCUT2D eigenvalue weighted by molar-refractivity contribution is -0.118. The van der Waals surface area contributed by atoms with Gasteiger partial charge in [-0.1, -0.05) is 42.6 Å². The predicted octanol–water partition coefficient (Wildman–Crippen LogP) is 3.61. The van der Waals surface area contributed by atoms with E-state index in [1.165, 1.54) is 0 Å². The number of benzene rings is 1. The van der Waals surface area contributed by atoms with Crippen molar-refractivity contribution in [1.82, 2.24) is 4.72 Å². The Bertz CT molecular complexity index is 779. The van der Waals surface area contributed by atoms with Crippen LogP contribution < -0.4 is 9.62 Å². The van der Waals surface area contributed by atoms with E-state index in [0.717, 1.165) is 35.7 Å². The van der Waals surface area contributed by atoms with Crippen LogP contribution in [0.5, 0.6) is 0 Å². The fourth-order valence-electron chi connectivity index (χ4n) is 3.87. The van der Waals surface area contributed by atoms with Gasteiger partial charge >= 0.3 is 0 Å². The first-order chi connectivity index (χ1) is 11.8. The fraction of sp³-hybridized carbons (Fsp3) is 0.611. The first kappa shape index (κ1) is 18.9. The molecule has 1 saturated carbocycles. The Kier molecular flexibility index (Phi) is 5.56. The van der Waals surface area contributed by atoms with Crippen molar-refractivity contribution in [2.24, 2.45) is 5.92 Å². The van der Waals surface area contributed by atoms with Gasteiger partial charge in [0.25, 0.3) is 0 Å². The second-order valence-electron chi connectivity index (χ2n) is 7.05. The lowest BCUT2D eigenvalue weighted by atomic mass is 9.87. The quantitative estimate of drug-likeness (QED) is 0.796. The number of amides is 1. The first-order valence-electron chi connectivity index (χ1n) is 8.98. The Morgan fingerprint density at radius 2 is 2.04 bits per heavy atom. The molecular weight excluding hydrogens is 404 g/mol. The first-order valence-corrected chi connectivity index (χ1v) is 11.3. The average Bonchev–Trinajstić information content (AvgIpc) is 2.98. The van der Waals surface area contributed by atoms with Crippen molar-refractivity contribution < 1.29 is 13.2 Å². The van der Waals surface area contributed by atoms with Crippen LogP contribution in [0, 0.1) is 5.92 Å². The third kappa shape index (κ3) is 3.78. The monoisotopic (exact) mass is 428 g/mol. The van der Waals surface area contributed by atoms with Crippen molar-refractivity contribution in [3.05, 3.63) is 22.2 Å². The van der Waals surface area contributed by atoms with Gasteiger partial charge in [0.1, 0.15) is 4.90 Å². The van der Waals surface area contributed by atoms with Crippen LogP contribution in [0.15, 0.2) is 21.5 Å². The Labute approximate surface area is 158 Å². The standard InChI is InChI=1S/C18H25BrN2O3S/c1-3-17(22)21-9-8-13-10-14(19)11-16(18(13)21)25(23,24)20-15-7-5-4-6-12(15)2/h10-12,15,20H,3-9H2,1-2H3. The van der Waals surface area contributed by atoms with E-state index < -0.39 is 10.0 Å². The number of rotatable bonds is 4. The van der Waals surface area contributed by atoms with E-state index in [1.807, 2.05) is 6.07 Å². The molecule has 1 aromatic carbocycles. The highest BCUT2D eigenvalue weighted by atomic mass is 79.9. The topological polar surface area (TPSA) is 66.5 Å². The summed E-state index contributed by atoms with van der Waals surface area (Å²) in [5, 5.41) is 0. The smallest absolute Gasteiger partial charge is 0.242 e. The molecule has 1 aliphatic heterocycles. The number of hydrogen-bond donors (Lipinski definition) is 1. The van der Waals surface area contributed by atoms with Crippen LogP contribution in [0.3, 0.4) is 0 Å². The summed E-state index contributed by atoms with van der Waals surface area (Å²) in [7, 11) is -3.69. The molecule has 138 valence electrons. The summed E-state index contributed by atoms with van der Waals surface area (Å²) in [4.78, 5) is 14.1. The van der Waals surface area contributed by atoms with Gasteiger partial charge in [0.15, 0.2) is 0 Å². The number of fused-ring (bicyclic) bond motifs is 1. The second kappa shape index (κ2) is 7.37. The highest BCUT2D eigenvalue weighted by molar-refractivity contribution is 9.10. The van der Waals surface area contributed by atoms with Crippen LogP contribution in [-0.4, -0.2) is 26.9 Å². The molecule has 7 heteroatoms. The van der Waals surface area contributed by atoms with E-state index >= 15 is 0 Å². The van der Waals surface area contributed by atoms with E-state index in [1.54, 1.807) is 17.9 Å². The molecule has 1 N–H and O–H groups in total. The Hall–Kier alpha value is -0.920. The predicted molar refractivity (Wildman–Crippen MR) is 102 cm³/mol. The molecule has 1 heterocycles. The van der Waals surface area contributed by atoms with E-state index in [9.17, 15) is 13.2 Å². The van der Waals surface area contributed by atoms with Crippen molar-refractivity contribution in [3.8, 4) is 0 Å². The summed E-state index contributed by atoms with van der Waals surface area (Å²) in [6, 6.07) is 3.50. The molecule has 0 saturated heterocycles. The zero-order valence-corrected chi connectivity index (χ0v) is 17.1. The van der Waals surface area contributed by atoms with Crippen molar-refractivity contribution >= 4 is 37.5 Å². The largest absolute Gasteiger partial charge is 0.310 e. The molecule has 0 bridgehead atoms. The number of carbonyl (C=O) groups excluding carboxylic acids is 1. The maximum Gasteiger partial charge on any atom is 0.242 e. The number of hydrogen-bond acceptors (Lipinski definition) is 3. The van der Waals surface area contributed by atoms with Gasteiger partial charge in [-0.15, -0.1) is 0 Å². The SMILES string of the molecule is CCC(=O)N1CCc2cc(Br)cc(S(=O)(=O)NC3CCCCC3C)c21. The Balaban J connectivity index is 2.00. The van der Waals surface area contributed by atoms with Gasteiger partial charge in [0.05, 0.1) is 5.69 Å². The average molecular weight is 429 g/mol. The number of halogens is 1. The van der Waals surface area contributed by atoms with Crippen molar-refractivity contribution in [2.75, 3.05) is 11.4 Å². The minimum atomic E-state index is -3.69. The maximum atomic E-state index is 13.1. The minimum Gasteiger partial charge on any atom is -0.310 e. The molecule has 0 radical (unpaired) electrons.